The first-order chi connectivity index (χ1) is 15.5. The van der Waals surface area contributed by atoms with Crippen LogP contribution in [-0.4, -0.2) is 29.1 Å². The maximum atomic E-state index is 13.0. The number of carbonyl (C=O) groups excluding carboxylic acids is 1. The summed E-state index contributed by atoms with van der Waals surface area (Å²) in [6, 6.07) is 21.1. The van der Waals surface area contributed by atoms with Gasteiger partial charge in [-0.2, -0.15) is 0 Å². The second-order valence-electron chi connectivity index (χ2n) is 7.85. The van der Waals surface area contributed by atoms with E-state index in [4.69, 9.17) is 32.9 Å². The van der Waals surface area contributed by atoms with E-state index in [1.165, 1.54) is 0 Å². The minimum Gasteiger partial charge on any atom is -0.497 e. The van der Waals surface area contributed by atoms with Gasteiger partial charge in [-0.15, -0.1) is 0 Å². The fourth-order valence-electron chi connectivity index (χ4n) is 4.32. The monoisotopic (exact) mass is 465 g/mol. The average Bonchev–Trinajstić information content (AvgIpc) is 3.37. The standard InChI is InChI=1S/C25H21Cl2N3O2/c1-32-18-7-4-6-17(13-18)29-14-16(12-24(29)31)25-28-22-10-2-3-11-23(22)30(25)15-19-20(26)8-5-9-21(19)27/h2-11,13,16H,12,14-15H2,1H3. The second-order valence-corrected chi connectivity index (χ2v) is 8.67. The number of halogens is 2. The maximum Gasteiger partial charge on any atom is 0.227 e. The average molecular weight is 466 g/mol. The van der Waals surface area contributed by atoms with Gasteiger partial charge in [0, 0.05) is 46.2 Å². The number of aromatic nitrogens is 2. The maximum absolute atomic E-state index is 13.0. The van der Waals surface area contributed by atoms with Crippen LogP contribution in [0.5, 0.6) is 5.75 Å². The first-order valence-electron chi connectivity index (χ1n) is 10.4. The van der Waals surface area contributed by atoms with Crippen LogP contribution in [0.2, 0.25) is 10.0 Å². The zero-order chi connectivity index (χ0) is 22.2. The fourth-order valence-corrected chi connectivity index (χ4v) is 4.84. The van der Waals surface area contributed by atoms with Gasteiger partial charge in [-0.3, -0.25) is 4.79 Å². The largest absolute Gasteiger partial charge is 0.497 e. The van der Waals surface area contributed by atoms with Crippen LogP contribution in [0, 0.1) is 0 Å². The lowest BCUT2D eigenvalue weighted by Crippen LogP contribution is -2.24. The Kier molecular flexibility index (Phi) is 5.53. The second kappa shape index (κ2) is 8.49. The van der Waals surface area contributed by atoms with Crippen LogP contribution >= 0.6 is 23.2 Å². The van der Waals surface area contributed by atoms with Crippen LogP contribution in [0.3, 0.4) is 0 Å². The molecule has 5 nitrogen and oxygen atoms in total. The molecule has 0 bridgehead atoms. The Morgan fingerprint density at radius 3 is 2.56 bits per heavy atom. The van der Waals surface area contributed by atoms with Crippen molar-refractivity contribution < 1.29 is 9.53 Å². The highest BCUT2D eigenvalue weighted by Gasteiger charge is 2.35. The van der Waals surface area contributed by atoms with Crippen LogP contribution in [0.15, 0.2) is 66.7 Å². The number of para-hydroxylation sites is 2. The smallest absolute Gasteiger partial charge is 0.227 e. The number of amides is 1. The van der Waals surface area contributed by atoms with E-state index >= 15 is 0 Å². The molecule has 2 heterocycles. The van der Waals surface area contributed by atoms with Gasteiger partial charge >= 0.3 is 0 Å². The Labute approximate surface area is 196 Å². The van der Waals surface area contributed by atoms with E-state index in [0.29, 0.717) is 29.6 Å². The van der Waals surface area contributed by atoms with Crippen molar-refractivity contribution in [2.24, 2.45) is 0 Å². The van der Waals surface area contributed by atoms with Crippen LogP contribution < -0.4 is 9.64 Å². The van der Waals surface area contributed by atoms with Crippen molar-refractivity contribution in [3.05, 3.63) is 88.2 Å². The lowest BCUT2D eigenvalue weighted by atomic mass is 10.1. The predicted octanol–water partition coefficient (Wildman–Crippen LogP) is 5.92. The van der Waals surface area contributed by atoms with Gasteiger partial charge in [0.05, 0.1) is 24.7 Å². The Balaban J connectivity index is 1.54. The number of imidazole rings is 1. The van der Waals surface area contributed by atoms with Gasteiger partial charge in [-0.05, 0) is 36.4 Å². The van der Waals surface area contributed by atoms with Gasteiger partial charge in [0.1, 0.15) is 11.6 Å². The van der Waals surface area contributed by atoms with E-state index in [1.54, 1.807) is 12.0 Å². The van der Waals surface area contributed by atoms with Crippen LogP contribution in [0.1, 0.15) is 23.7 Å². The highest BCUT2D eigenvalue weighted by molar-refractivity contribution is 6.36. The molecule has 0 radical (unpaired) electrons. The molecule has 4 aromatic rings. The third-order valence-electron chi connectivity index (χ3n) is 5.92. The number of carbonyl (C=O) groups is 1. The molecule has 1 unspecified atom stereocenters. The molecule has 32 heavy (non-hydrogen) atoms. The number of fused-ring (bicyclic) bond motifs is 1. The molecule has 1 amide bonds. The van der Waals surface area contributed by atoms with Gasteiger partial charge in [-0.25, -0.2) is 4.98 Å². The zero-order valence-electron chi connectivity index (χ0n) is 17.5. The van der Waals surface area contributed by atoms with Crippen molar-refractivity contribution in [2.45, 2.75) is 18.9 Å². The van der Waals surface area contributed by atoms with Gasteiger partial charge < -0.3 is 14.2 Å². The highest BCUT2D eigenvalue weighted by atomic mass is 35.5. The molecule has 0 saturated carbocycles. The predicted molar refractivity (Wildman–Crippen MR) is 128 cm³/mol. The minimum absolute atomic E-state index is 0.0534. The van der Waals surface area contributed by atoms with Crippen molar-refractivity contribution in [1.82, 2.24) is 9.55 Å². The lowest BCUT2D eigenvalue weighted by molar-refractivity contribution is -0.117. The summed E-state index contributed by atoms with van der Waals surface area (Å²) in [5.74, 6) is 1.60. The van der Waals surface area contributed by atoms with Crippen molar-refractivity contribution in [3.8, 4) is 5.75 Å². The van der Waals surface area contributed by atoms with E-state index in [9.17, 15) is 4.79 Å². The molecular formula is C25H21Cl2N3O2. The molecule has 5 rings (SSSR count). The molecule has 1 fully saturated rings. The van der Waals surface area contributed by atoms with E-state index in [2.05, 4.69) is 4.57 Å². The molecule has 7 heteroatoms. The van der Waals surface area contributed by atoms with Gasteiger partial charge in [0.25, 0.3) is 0 Å². The minimum atomic E-state index is -0.0534. The van der Waals surface area contributed by atoms with E-state index in [-0.39, 0.29) is 11.8 Å². The van der Waals surface area contributed by atoms with Crippen LogP contribution in [0.25, 0.3) is 11.0 Å². The van der Waals surface area contributed by atoms with E-state index in [0.717, 1.165) is 33.9 Å². The molecule has 0 spiro atoms. The van der Waals surface area contributed by atoms with Crippen molar-refractivity contribution in [1.29, 1.82) is 0 Å². The SMILES string of the molecule is COc1cccc(N2CC(c3nc4ccccc4n3Cc3c(Cl)cccc3Cl)CC2=O)c1. The molecule has 1 atom stereocenters. The topological polar surface area (TPSA) is 47.4 Å². The van der Waals surface area contributed by atoms with E-state index in [1.807, 2.05) is 66.7 Å². The van der Waals surface area contributed by atoms with Gasteiger partial charge in [-0.1, -0.05) is 47.5 Å². The molecule has 1 aliphatic rings. The summed E-state index contributed by atoms with van der Waals surface area (Å²) in [5.41, 5.74) is 3.55. The number of nitrogens with zero attached hydrogens (tertiary/aromatic N) is 3. The number of rotatable bonds is 5. The number of ether oxygens (including phenoxy) is 1. The third-order valence-corrected chi connectivity index (χ3v) is 6.63. The lowest BCUT2D eigenvalue weighted by Gasteiger charge is -2.18. The molecule has 162 valence electrons. The summed E-state index contributed by atoms with van der Waals surface area (Å²) in [6.45, 7) is 1.03. The van der Waals surface area contributed by atoms with Gasteiger partial charge in [0.2, 0.25) is 5.91 Å². The summed E-state index contributed by atoms with van der Waals surface area (Å²) >= 11 is 12.9. The number of anilines is 1. The van der Waals surface area contributed by atoms with Crippen molar-refractivity contribution in [2.75, 3.05) is 18.6 Å². The van der Waals surface area contributed by atoms with Crippen LogP contribution in [0.4, 0.5) is 5.69 Å². The number of benzene rings is 3. The summed E-state index contributed by atoms with van der Waals surface area (Å²) < 4.78 is 7.46. The summed E-state index contributed by atoms with van der Waals surface area (Å²) in [7, 11) is 1.62. The third kappa shape index (κ3) is 3.72. The Hall–Kier alpha value is -3.02. The number of hydrogen-bond donors (Lipinski definition) is 0. The molecule has 1 saturated heterocycles. The summed E-state index contributed by atoms with van der Waals surface area (Å²) in [4.78, 5) is 19.7. The molecule has 1 aliphatic heterocycles. The van der Waals surface area contributed by atoms with Crippen LogP contribution in [-0.2, 0) is 11.3 Å². The Morgan fingerprint density at radius 2 is 1.78 bits per heavy atom. The normalized spacial score (nSPS) is 16.2. The number of methoxy groups -OCH3 is 1. The zero-order valence-corrected chi connectivity index (χ0v) is 19.0. The Bertz CT molecular complexity index is 1300. The van der Waals surface area contributed by atoms with Crippen molar-refractivity contribution in [3.63, 3.8) is 0 Å². The first kappa shape index (κ1) is 20.9. The quantitative estimate of drug-likeness (QED) is 0.367. The molecule has 3 aromatic carbocycles. The molecular weight excluding hydrogens is 445 g/mol. The number of hydrogen-bond acceptors (Lipinski definition) is 3. The van der Waals surface area contributed by atoms with E-state index < -0.39 is 0 Å². The molecule has 1 aromatic heterocycles. The first-order valence-corrected chi connectivity index (χ1v) is 11.1. The summed E-state index contributed by atoms with van der Waals surface area (Å²) in [6.07, 6.45) is 0.386. The highest BCUT2D eigenvalue weighted by Crippen LogP contribution is 2.35. The molecule has 0 aliphatic carbocycles. The molecule has 0 N–H and O–H groups in total. The van der Waals surface area contributed by atoms with Gasteiger partial charge in [0.15, 0.2) is 0 Å². The Morgan fingerprint density at radius 1 is 1.03 bits per heavy atom. The summed E-state index contributed by atoms with van der Waals surface area (Å²) in [5, 5.41) is 1.23. The fraction of sp³-hybridized carbons (Fsp3) is 0.200. The van der Waals surface area contributed by atoms with Crippen molar-refractivity contribution >= 4 is 45.8 Å².